The second-order valence-corrected chi connectivity index (χ2v) is 6.21. The highest BCUT2D eigenvalue weighted by Crippen LogP contribution is 2.25. The van der Waals surface area contributed by atoms with E-state index >= 15 is 0 Å². The number of aromatic hydroxyl groups is 1. The van der Waals surface area contributed by atoms with Crippen LogP contribution in [0, 0.1) is 6.92 Å². The molecule has 0 aliphatic rings. The average Bonchev–Trinajstić information content (AvgIpc) is 2.60. The van der Waals surface area contributed by atoms with E-state index in [0.717, 1.165) is 16.8 Å². The number of hydrogen-bond acceptors (Lipinski definition) is 2. The van der Waals surface area contributed by atoms with Crippen LogP contribution in [-0.4, -0.2) is 41.5 Å². The van der Waals surface area contributed by atoms with Crippen molar-refractivity contribution in [1.82, 2.24) is 4.98 Å². The zero-order valence-corrected chi connectivity index (χ0v) is 14.3. The molecule has 0 bridgehead atoms. The molecule has 0 aliphatic carbocycles. The monoisotopic (exact) mass is 335 g/mol. The van der Waals surface area contributed by atoms with Gasteiger partial charge in [-0.3, -0.25) is 4.98 Å². The predicted octanol–water partition coefficient (Wildman–Crippen LogP) is 0.258. The molecule has 0 atom stereocenters. The quantitative estimate of drug-likeness (QED) is 0.682. The standard InChI is InChI=1S/C18H10B4ClNO/c1-8-6-12(9-2-4-10(23)5-3-9)24-7-11(8)13-14(19)16(21)18(25)17(22)15(13)20/h2-7,25H,1H3. The summed E-state index contributed by atoms with van der Waals surface area (Å²) in [6, 6.07) is 9.31. The number of phenolic OH excluding ortho intramolecular Hbond substituents is 1. The highest BCUT2D eigenvalue weighted by atomic mass is 35.5. The highest BCUT2D eigenvalue weighted by Gasteiger charge is 2.16. The van der Waals surface area contributed by atoms with Crippen molar-refractivity contribution in [2.75, 3.05) is 0 Å². The molecular formula is C18H10B4ClNO. The number of nitrogens with zero attached hydrogens (tertiary/aromatic N) is 1. The van der Waals surface area contributed by atoms with Gasteiger partial charge in [-0.25, -0.2) is 0 Å². The molecule has 1 aromatic heterocycles. The third kappa shape index (κ3) is 3.11. The summed E-state index contributed by atoms with van der Waals surface area (Å²) in [5.41, 5.74) is 4.14. The van der Waals surface area contributed by atoms with Crippen molar-refractivity contribution in [3.05, 3.63) is 47.1 Å². The Morgan fingerprint density at radius 3 is 2.00 bits per heavy atom. The van der Waals surface area contributed by atoms with Crippen LogP contribution in [-0.2, 0) is 0 Å². The van der Waals surface area contributed by atoms with Gasteiger partial charge in [0.15, 0.2) is 0 Å². The molecule has 8 radical (unpaired) electrons. The van der Waals surface area contributed by atoms with Crippen LogP contribution in [0.1, 0.15) is 5.56 Å². The number of pyridine rings is 1. The topological polar surface area (TPSA) is 33.1 Å². The van der Waals surface area contributed by atoms with Gasteiger partial charge in [-0.15, -0.1) is 0 Å². The Morgan fingerprint density at radius 1 is 0.920 bits per heavy atom. The molecule has 2 aromatic carbocycles. The van der Waals surface area contributed by atoms with Crippen LogP contribution in [0.15, 0.2) is 36.5 Å². The minimum absolute atomic E-state index is 0.00266. The zero-order chi connectivity index (χ0) is 18.3. The van der Waals surface area contributed by atoms with Gasteiger partial charge in [-0.2, -0.15) is 0 Å². The Kier molecular flexibility index (Phi) is 4.75. The van der Waals surface area contributed by atoms with Gasteiger partial charge in [-0.05, 0) is 36.2 Å². The summed E-state index contributed by atoms with van der Waals surface area (Å²) in [6.07, 6.45) is 1.66. The summed E-state index contributed by atoms with van der Waals surface area (Å²) in [5, 5.41) is 10.5. The molecule has 3 rings (SSSR count). The maximum atomic E-state index is 9.89. The molecule has 7 heteroatoms. The van der Waals surface area contributed by atoms with E-state index in [2.05, 4.69) is 4.98 Å². The van der Waals surface area contributed by atoms with Crippen molar-refractivity contribution < 1.29 is 5.11 Å². The molecule has 0 amide bonds. The second kappa shape index (κ2) is 6.68. The molecule has 3 aromatic rings. The number of rotatable bonds is 2. The SMILES string of the molecule is [B]c1c([B])c(-c2cnc(-c3ccc(Cl)cc3)cc2C)c([B])c([B])c1O. The van der Waals surface area contributed by atoms with E-state index in [1.807, 2.05) is 25.1 Å². The summed E-state index contributed by atoms with van der Waals surface area (Å²) in [6.45, 7) is 1.91. The number of hydrogen-bond donors (Lipinski definition) is 1. The van der Waals surface area contributed by atoms with Crippen LogP contribution in [0.3, 0.4) is 0 Å². The molecule has 0 spiro atoms. The van der Waals surface area contributed by atoms with Crippen molar-refractivity contribution >= 4 is 64.8 Å². The van der Waals surface area contributed by atoms with Gasteiger partial charge in [0.05, 0.1) is 11.4 Å². The molecule has 25 heavy (non-hydrogen) atoms. The zero-order valence-electron chi connectivity index (χ0n) is 13.5. The molecule has 1 heterocycles. The fourth-order valence-electron chi connectivity index (χ4n) is 2.70. The van der Waals surface area contributed by atoms with Crippen molar-refractivity contribution in [3.63, 3.8) is 0 Å². The number of aromatic nitrogens is 1. The largest absolute Gasteiger partial charge is 0.509 e. The van der Waals surface area contributed by atoms with Gasteiger partial charge >= 0.3 is 0 Å². The Bertz CT molecular complexity index is 945. The van der Waals surface area contributed by atoms with E-state index < -0.39 is 0 Å². The van der Waals surface area contributed by atoms with Crippen molar-refractivity contribution in [2.45, 2.75) is 6.92 Å². The van der Waals surface area contributed by atoms with Gasteiger partial charge in [0.1, 0.15) is 31.4 Å². The van der Waals surface area contributed by atoms with E-state index in [-0.39, 0.29) is 27.6 Å². The minimum Gasteiger partial charge on any atom is -0.509 e. The van der Waals surface area contributed by atoms with Crippen LogP contribution >= 0.6 is 11.6 Å². The fourth-order valence-corrected chi connectivity index (χ4v) is 2.83. The van der Waals surface area contributed by atoms with E-state index in [4.69, 9.17) is 43.0 Å². The van der Waals surface area contributed by atoms with Gasteiger partial charge in [0, 0.05) is 22.3 Å². The molecular weight excluding hydrogens is 325 g/mol. The summed E-state index contributed by atoms with van der Waals surface area (Å²) in [7, 11) is 23.8. The maximum absolute atomic E-state index is 9.89. The van der Waals surface area contributed by atoms with E-state index in [9.17, 15) is 5.11 Å². The Labute approximate surface area is 157 Å². The van der Waals surface area contributed by atoms with E-state index in [1.54, 1.807) is 18.3 Å². The van der Waals surface area contributed by atoms with Crippen LogP contribution in [0.4, 0.5) is 0 Å². The van der Waals surface area contributed by atoms with Crippen LogP contribution in [0.5, 0.6) is 5.75 Å². The van der Waals surface area contributed by atoms with Crippen LogP contribution < -0.4 is 21.9 Å². The summed E-state index contributed by atoms with van der Waals surface area (Å²) < 4.78 is 0. The Hall–Kier alpha value is -2.06. The molecule has 0 saturated carbocycles. The number of halogens is 1. The lowest BCUT2D eigenvalue weighted by molar-refractivity contribution is 0.484. The highest BCUT2D eigenvalue weighted by molar-refractivity contribution is 6.61. The molecule has 0 aliphatic heterocycles. The number of benzene rings is 2. The first-order valence-corrected chi connectivity index (χ1v) is 7.86. The molecule has 112 valence electrons. The molecule has 2 nitrogen and oxygen atoms in total. The Morgan fingerprint density at radius 2 is 1.48 bits per heavy atom. The minimum atomic E-state index is -0.304. The summed E-state index contributed by atoms with van der Waals surface area (Å²) >= 11 is 5.92. The van der Waals surface area contributed by atoms with Crippen LogP contribution in [0.2, 0.25) is 5.02 Å². The van der Waals surface area contributed by atoms with E-state index in [1.165, 1.54) is 0 Å². The van der Waals surface area contributed by atoms with Gasteiger partial charge in [0.2, 0.25) is 0 Å². The summed E-state index contributed by atoms with van der Waals surface area (Å²) in [4.78, 5) is 4.48. The van der Waals surface area contributed by atoms with Crippen molar-refractivity contribution in [2.24, 2.45) is 0 Å². The second-order valence-electron chi connectivity index (χ2n) is 5.77. The molecule has 0 fully saturated rings. The third-order valence-electron chi connectivity index (χ3n) is 4.15. The first kappa shape index (κ1) is 17.8. The van der Waals surface area contributed by atoms with E-state index in [0.29, 0.717) is 16.1 Å². The first-order valence-electron chi connectivity index (χ1n) is 7.49. The molecule has 0 saturated heterocycles. The third-order valence-corrected chi connectivity index (χ3v) is 4.40. The molecule has 1 N–H and O–H groups in total. The van der Waals surface area contributed by atoms with Crippen molar-refractivity contribution in [3.8, 4) is 28.1 Å². The van der Waals surface area contributed by atoms with Gasteiger partial charge in [0.25, 0.3) is 0 Å². The molecule has 0 unspecified atom stereocenters. The van der Waals surface area contributed by atoms with Crippen LogP contribution in [0.25, 0.3) is 22.4 Å². The van der Waals surface area contributed by atoms with Crippen molar-refractivity contribution in [1.29, 1.82) is 0 Å². The summed E-state index contributed by atoms with van der Waals surface area (Å²) in [5.74, 6) is -0.304. The normalized spacial score (nSPS) is 10.8. The lowest BCUT2D eigenvalue weighted by Gasteiger charge is -2.21. The lowest BCUT2D eigenvalue weighted by atomic mass is 9.65. The van der Waals surface area contributed by atoms with Gasteiger partial charge < -0.3 is 5.11 Å². The predicted molar refractivity (Wildman–Crippen MR) is 108 cm³/mol. The number of aryl methyl sites for hydroxylation is 1. The van der Waals surface area contributed by atoms with Gasteiger partial charge in [-0.1, -0.05) is 45.6 Å². The Balaban J connectivity index is 2.16. The smallest absolute Gasteiger partial charge is 0.118 e. The lowest BCUT2D eigenvalue weighted by Crippen LogP contribution is -2.42. The first-order chi connectivity index (χ1) is 11.8. The average molecular weight is 335 g/mol. The fraction of sp³-hybridized carbons (Fsp3) is 0.0556. The maximum Gasteiger partial charge on any atom is 0.118 e. The number of phenols is 1.